The van der Waals surface area contributed by atoms with E-state index in [1.165, 1.54) is 29.3 Å². The van der Waals surface area contributed by atoms with E-state index < -0.39 is 5.82 Å². The Morgan fingerprint density at radius 3 is 2.46 bits per heavy atom. The molecular weight excluding hydrogens is 579 g/mol. The summed E-state index contributed by atoms with van der Waals surface area (Å²) in [6.07, 6.45) is 0. The van der Waals surface area contributed by atoms with Crippen LogP contribution in [0.3, 0.4) is 0 Å². The van der Waals surface area contributed by atoms with Crippen molar-refractivity contribution in [2.45, 2.75) is 33.9 Å². The van der Waals surface area contributed by atoms with Crippen molar-refractivity contribution in [2.24, 2.45) is 0 Å². The molecule has 0 bridgehead atoms. The summed E-state index contributed by atoms with van der Waals surface area (Å²) in [6, 6.07) is 7.45. The average Bonchev–Trinajstić information content (AvgIpc) is 3.51. The van der Waals surface area contributed by atoms with Crippen molar-refractivity contribution in [3.05, 3.63) is 64.5 Å². The van der Waals surface area contributed by atoms with E-state index in [9.17, 15) is 18.4 Å². The van der Waals surface area contributed by atoms with Gasteiger partial charge in [-0.05, 0) is 54.4 Å². The summed E-state index contributed by atoms with van der Waals surface area (Å²) < 4.78 is 33.6. The summed E-state index contributed by atoms with van der Waals surface area (Å²) >= 11 is 0. The molecule has 1 aliphatic rings. The SMILES string of the molecule is CCNCCNC(=O)CN(CC(=O)N(C)N1Cc2ccc(F)cc2C1)c1cc(-c2noc(C)n2)c(F)cc1C.Cl.Cl. The minimum atomic E-state index is -0.544. The van der Waals surface area contributed by atoms with Crippen molar-refractivity contribution >= 4 is 42.3 Å². The van der Waals surface area contributed by atoms with E-state index in [1.807, 2.05) is 11.9 Å². The molecule has 0 saturated carbocycles. The fraction of sp³-hybridized carbons (Fsp3) is 0.407. The van der Waals surface area contributed by atoms with E-state index in [2.05, 4.69) is 20.8 Å². The standard InChI is InChI=1S/C27H33F2N7O3.2ClH/c1-5-30-8-9-31-25(37)15-35(24-12-22(23(29)10-17(24)2)27-32-18(3)39-33-27)16-26(38)34(4)36-13-19-6-7-21(28)11-20(19)14-36;;/h6-7,10-12,30H,5,8-9,13-16H2,1-4H3,(H,31,37);2*1H. The molecule has 1 aromatic heterocycles. The number of hydrazine groups is 1. The number of nitrogens with zero attached hydrogens (tertiary/aromatic N) is 5. The summed E-state index contributed by atoms with van der Waals surface area (Å²) in [5.74, 6) is -1.08. The Balaban J connectivity index is 0.00000294. The number of hydrogen-bond acceptors (Lipinski definition) is 8. The van der Waals surface area contributed by atoms with Crippen molar-refractivity contribution in [3.63, 3.8) is 0 Å². The fourth-order valence-corrected chi connectivity index (χ4v) is 4.49. The highest BCUT2D eigenvalue weighted by Gasteiger charge is 2.28. The minimum Gasteiger partial charge on any atom is -0.353 e. The van der Waals surface area contributed by atoms with Gasteiger partial charge in [0.1, 0.15) is 11.6 Å². The van der Waals surface area contributed by atoms with Gasteiger partial charge in [-0.2, -0.15) is 4.98 Å². The van der Waals surface area contributed by atoms with Crippen molar-refractivity contribution in [2.75, 3.05) is 44.7 Å². The lowest BCUT2D eigenvalue weighted by atomic mass is 10.1. The molecule has 41 heavy (non-hydrogen) atoms. The molecule has 0 fully saturated rings. The van der Waals surface area contributed by atoms with Crippen LogP contribution in [-0.4, -0.2) is 71.7 Å². The number of benzene rings is 2. The molecule has 0 unspecified atom stereocenters. The Hall–Kier alpha value is -3.32. The van der Waals surface area contributed by atoms with E-state index in [0.29, 0.717) is 37.4 Å². The maximum Gasteiger partial charge on any atom is 0.256 e. The van der Waals surface area contributed by atoms with Crippen LogP contribution in [0, 0.1) is 25.5 Å². The molecule has 2 heterocycles. The molecule has 0 aliphatic carbocycles. The second-order valence-electron chi connectivity index (χ2n) is 9.47. The zero-order chi connectivity index (χ0) is 28.1. The summed E-state index contributed by atoms with van der Waals surface area (Å²) in [6.45, 7) is 7.65. The van der Waals surface area contributed by atoms with Crippen LogP contribution in [-0.2, 0) is 22.7 Å². The number of amides is 2. The second kappa shape index (κ2) is 15.1. The summed E-state index contributed by atoms with van der Waals surface area (Å²) in [7, 11) is 1.64. The van der Waals surface area contributed by atoms with Crippen molar-refractivity contribution in [1.82, 2.24) is 30.8 Å². The second-order valence-corrected chi connectivity index (χ2v) is 9.47. The summed E-state index contributed by atoms with van der Waals surface area (Å²) in [5, 5.41) is 13.1. The van der Waals surface area contributed by atoms with Gasteiger partial charge in [0.05, 0.1) is 18.7 Å². The predicted molar refractivity (Wildman–Crippen MR) is 156 cm³/mol. The average molecular weight is 615 g/mol. The molecule has 10 nitrogen and oxygen atoms in total. The van der Waals surface area contributed by atoms with Gasteiger partial charge in [0.25, 0.3) is 5.91 Å². The lowest BCUT2D eigenvalue weighted by Crippen LogP contribution is -2.48. The number of carbonyl (C=O) groups is 2. The van der Waals surface area contributed by atoms with Gasteiger partial charge in [0.15, 0.2) is 0 Å². The van der Waals surface area contributed by atoms with Gasteiger partial charge < -0.3 is 20.1 Å². The quantitative estimate of drug-likeness (QED) is 0.317. The smallest absolute Gasteiger partial charge is 0.256 e. The number of likely N-dealkylation sites (N-methyl/N-ethyl adjacent to an activating group) is 2. The molecule has 0 spiro atoms. The normalized spacial score (nSPS) is 12.2. The van der Waals surface area contributed by atoms with Crippen LogP contribution in [0.4, 0.5) is 14.5 Å². The lowest BCUT2D eigenvalue weighted by molar-refractivity contribution is -0.145. The van der Waals surface area contributed by atoms with Gasteiger partial charge in [-0.25, -0.2) is 13.8 Å². The first-order valence-corrected chi connectivity index (χ1v) is 12.8. The van der Waals surface area contributed by atoms with E-state index in [0.717, 1.165) is 17.7 Å². The monoisotopic (exact) mass is 613 g/mol. The van der Waals surface area contributed by atoms with Crippen molar-refractivity contribution in [3.8, 4) is 11.4 Å². The molecule has 0 saturated heterocycles. The van der Waals surface area contributed by atoms with Crippen LogP contribution in [0.1, 0.15) is 29.5 Å². The van der Waals surface area contributed by atoms with Gasteiger partial charge in [-0.15, -0.1) is 24.8 Å². The fourth-order valence-electron chi connectivity index (χ4n) is 4.49. The van der Waals surface area contributed by atoms with Crippen LogP contribution in [0.15, 0.2) is 34.9 Å². The third-order valence-electron chi connectivity index (χ3n) is 6.59. The number of anilines is 1. The van der Waals surface area contributed by atoms with Crippen LogP contribution >= 0.6 is 24.8 Å². The third-order valence-corrected chi connectivity index (χ3v) is 6.59. The predicted octanol–water partition coefficient (Wildman–Crippen LogP) is 3.40. The minimum absolute atomic E-state index is 0. The number of fused-ring (bicyclic) bond motifs is 1. The van der Waals surface area contributed by atoms with Gasteiger partial charge in [-0.1, -0.05) is 18.1 Å². The van der Waals surface area contributed by atoms with Crippen molar-refractivity contribution in [1.29, 1.82) is 0 Å². The molecule has 2 amide bonds. The molecule has 4 rings (SSSR count). The molecule has 14 heteroatoms. The zero-order valence-electron chi connectivity index (χ0n) is 23.4. The maximum atomic E-state index is 14.9. The van der Waals surface area contributed by atoms with Gasteiger partial charge >= 0.3 is 0 Å². The van der Waals surface area contributed by atoms with Crippen LogP contribution < -0.4 is 15.5 Å². The molecule has 224 valence electrons. The highest BCUT2D eigenvalue weighted by molar-refractivity contribution is 5.87. The number of hydrogen-bond donors (Lipinski definition) is 2. The van der Waals surface area contributed by atoms with E-state index in [1.54, 1.807) is 31.9 Å². The lowest BCUT2D eigenvalue weighted by Gasteiger charge is -2.32. The number of aryl methyl sites for hydroxylation is 2. The first-order valence-electron chi connectivity index (χ1n) is 12.8. The number of halogens is 4. The van der Waals surface area contributed by atoms with Crippen LogP contribution in [0.25, 0.3) is 11.4 Å². The topological polar surface area (TPSA) is 107 Å². The number of carbonyl (C=O) groups excluding carboxylic acids is 2. The third kappa shape index (κ3) is 8.35. The van der Waals surface area contributed by atoms with Crippen LogP contribution in [0.2, 0.25) is 0 Å². The van der Waals surface area contributed by atoms with Gasteiger partial charge in [-0.3, -0.25) is 14.6 Å². The van der Waals surface area contributed by atoms with E-state index in [4.69, 9.17) is 4.52 Å². The first kappa shape index (κ1) is 33.9. The number of aromatic nitrogens is 2. The first-order chi connectivity index (χ1) is 18.7. The molecule has 0 atom stereocenters. The van der Waals surface area contributed by atoms with E-state index in [-0.39, 0.29) is 72.8 Å². The molecule has 2 N–H and O–H groups in total. The zero-order valence-corrected chi connectivity index (χ0v) is 25.0. The largest absolute Gasteiger partial charge is 0.353 e. The Morgan fingerprint density at radius 2 is 1.78 bits per heavy atom. The number of nitrogens with one attached hydrogen (secondary N) is 2. The van der Waals surface area contributed by atoms with Gasteiger partial charge in [0.2, 0.25) is 17.6 Å². The molecular formula is C27H35Cl2F2N7O3. The maximum absolute atomic E-state index is 14.9. The molecule has 2 aromatic carbocycles. The Bertz CT molecular complexity index is 1360. The van der Waals surface area contributed by atoms with E-state index >= 15 is 0 Å². The highest BCUT2D eigenvalue weighted by Crippen LogP contribution is 2.30. The van der Waals surface area contributed by atoms with Crippen molar-refractivity contribution < 1.29 is 22.9 Å². The Morgan fingerprint density at radius 1 is 1.05 bits per heavy atom. The number of rotatable bonds is 11. The van der Waals surface area contributed by atoms with Gasteiger partial charge in [0, 0.05) is 45.8 Å². The Labute approximate surface area is 250 Å². The summed E-state index contributed by atoms with van der Waals surface area (Å²) in [4.78, 5) is 32.0. The molecule has 0 radical (unpaired) electrons. The molecule has 3 aromatic rings. The summed E-state index contributed by atoms with van der Waals surface area (Å²) in [5.41, 5.74) is 2.90. The highest BCUT2D eigenvalue weighted by atomic mass is 35.5. The Kier molecular flexibility index (Phi) is 12.4. The van der Waals surface area contributed by atoms with Crippen LogP contribution in [0.5, 0.6) is 0 Å². The molecule has 1 aliphatic heterocycles.